The van der Waals surface area contributed by atoms with E-state index in [-0.39, 0.29) is 18.1 Å². The number of nitrogens with zero attached hydrogens (tertiary/aromatic N) is 1. The van der Waals surface area contributed by atoms with Crippen molar-refractivity contribution >= 4 is 11.8 Å². The fourth-order valence-electron chi connectivity index (χ4n) is 1.44. The lowest BCUT2D eigenvalue weighted by atomic mass is 10.1. The van der Waals surface area contributed by atoms with Crippen LogP contribution >= 0.6 is 0 Å². The highest BCUT2D eigenvalue weighted by atomic mass is 16.5. The van der Waals surface area contributed by atoms with Gasteiger partial charge in [0.1, 0.15) is 5.75 Å². The monoisotopic (exact) mass is 232 g/mol. The zero-order valence-electron chi connectivity index (χ0n) is 9.30. The first-order valence-electron chi connectivity index (χ1n) is 5.15. The van der Waals surface area contributed by atoms with Crippen LogP contribution in [0.2, 0.25) is 0 Å². The maximum Gasteiger partial charge on any atom is 0.231 e. The molecule has 0 radical (unpaired) electrons. The number of nitrogens with one attached hydrogen (secondary N) is 1. The van der Waals surface area contributed by atoms with Crippen LogP contribution in [0.3, 0.4) is 0 Å². The Hall–Kier alpha value is -2.30. The molecule has 1 aromatic heterocycles. The number of aromatic nitrogens is 1. The molecule has 0 aliphatic carbocycles. The third-order valence-corrected chi connectivity index (χ3v) is 2.23. The van der Waals surface area contributed by atoms with E-state index in [1.54, 1.807) is 37.3 Å². The Balaban J connectivity index is 2.01. The Kier molecular flexibility index (Phi) is 3.09. The van der Waals surface area contributed by atoms with E-state index in [0.717, 1.165) is 0 Å². The lowest BCUT2D eigenvalue weighted by Gasteiger charge is -2.03. The predicted octanol–water partition coefficient (Wildman–Crippen LogP) is 1.87. The number of amides is 1. The summed E-state index contributed by atoms with van der Waals surface area (Å²) in [4.78, 5) is 11.6. The number of carbonyl (C=O) groups excluding carboxylic acids is 1. The van der Waals surface area contributed by atoms with E-state index in [0.29, 0.717) is 17.1 Å². The summed E-state index contributed by atoms with van der Waals surface area (Å²) in [6.07, 6.45) is 0.0897. The van der Waals surface area contributed by atoms with Crippen molar-refractivity contribution < 1.29 is 14.4 Å². The van der Waals surface area contributed by atoms with Crippen LogP contribution in [-0.2, 0) is 11.2 Å². The van der Waals surface area contributed by atoms with Crippen molar-refractivity contribution in [3.63, 3.8) is 0 Å². The number of phenols is 1. The largest absolute Gasteiger partial charge is 0.508 e. The number of anilines is 1. The van der Waals surface area contributed by atoms with Gasteiger partial charge in [0.15, 0.2) is 0 Å². The molecule has 1 aromatic carbocycles. The van der Waals surface area contributed by atoms with Crippen molar-refractivity contribution in [2.45, 2.75) is 13.3 Å². The predicted molar refractivity (Wildman–Crippen MR) is 61.7 cm³/mol. The van der Waals surface area contributed by atoms with Crippen molar-refractivity contribution in [3.05, 3.63) is 41.6 Å². The van der Waals surface area contributed by atoms with Gasteiger partial charge in [-0.25, -0.2) is 0 Å². The first-order chi connectivity index (χ1) is 8.15. The maximum absolute atomic E-state index is 11.6. The number of hydrogen-bond acceptors (Lipinski definition) is 4. The number of benzene rings is 1. The van der Waals surface area contributed by atoms with Gasteiger partial charge < -0.3 is 9.63 Å². The van der Waals surface area contributed by atoms with Gasteiger partial charge in [-0.05, 0) is 13.0 Å². The van der Waals surface area contributed by atoms with Crippen LogP contribution in [0.15, 0.2) is 34.9 Å². The van der Waals surface area contributed by atoms with E-state index in [1.807, 2.05) is 0 Å². The van der Waals surface area contributed by atoms with E-state index in [1.165, 1.54) is 0 Å². The molecule has 88 valence electrons. The van der Waals surface area contributed by atoms with Crippen molar-refractivity contribution in [2.75, 3.05) is 5.32 Å². The van der Waals surface area contributed by atoms with Gasteiger partial charge >= 0.3 is 0 Å². The molecular formula is C12H12N2O3. The van der Waals surface area contributed by atoms with Crippen LogP contribution < -0.4 is 5.32 Å². The van der Waals surface area contributed by atoms with E-state index in [9.17, 15) is 9.90 Å². The number of para-hydroxylation sites is 1. The maximum atomic E-state index is 11.6. The Bertz CT molecular complexity index is 534. The SMILES string of the molecule is Cc1cc(NC(=O)Cc2ccccc2O)on1. The molecule has 0 bridgehead atoms. The minimum absolute atomic E-state index is 0.0897. The van der Waals surface area contributed by atoms with Gasteiger partial charge in [0, 0.05) is 11.6 Å². The van der Waals surface area contributed by atoms with E-state index < -0.39 is 0 Å². The normalized spacial score (nSPS) is 10.2. The topological polar surface area (TPSA) is 75.4 Å². The van der Waals surface area contributed by atoms with Crippen LogP contribution in [-0.4, -0.2) is 16.2 Å². The minimum Gasteiger partial charge on any atom is -0.508 e. The molecule has 0 saturated carbocycles. The van der Waals surface area contributed by atoms with Gasteiger partial charge in [0.05, 0.1) is 12.1 Å². The van der Waals surface area contributed by atoms with Gasteiger partial charge in [-0.3, -0.25) is 10.1 Å². The van der Waals surface area contributed by atoms with Gasteiger partial charge in [-0.2, -0.15) is 0 Å². The number of carbonyl (C=O) groups is 1. The van der Waals surface area contributed by atoms with Crippen LogP contribution in [0, 0.1) is 6.92 Å². The summed E-state index contributed by atoms with van der Waals surface area (Å²) in [6.45, 7) is 1.77. The highest BCUT2D eigenvalue weighted by Gasteiger charge is 2.09. The average Bonchev–Trinajstić information content (AvgIpc) is 2.67. The van der Waals surface area contributed by atoms with Crippen LogP contribution in [0.4, 0.5) is 5.88 Å². The third-order valence-electron chi connectivity index (χ3n) is 2.23. The number of rotatable bonds is 3. The molecule has 17 heavy (non-hydrogen) atoms. The van der Waals surface area contributed by atoms with E-state index in [4.69, 9.17) is 4.52 Å². The summed E-state index contributed by atoms with van der Waals surface area (Å²) in [6, 6.07) is 8.34. The standard InChI is InChI=1S/C12H12N2O3/c1-8-6-12(17-14-8)13-11(16)7-9-4-2-3-5-10(9)15/h2-6,15H,7H2,1H3,(H,13,16). The summed E-state index contributed by atoms with van der Waals surface area (Å²) in [5.74, 6) is 0.155. The number of aryl methyl sites for hydroxylation is 1. The molecule has 2 rings (SSSR count). The molecule has 0 saturated heterocycles. The number of hydrogen-bond donors (Lipinski definition) is 2. The smallest absolute Gasteiger partial charge is 0.231 e. The fourth-order valence-corrected chi connectivity index (χ4v) is 1.44. The molecular weight excluding hydrogens is 220 g/mol. The summed E-state index contributed by atoms with van der Waals surface area (Å²) >= 11 is 0. The van der Waals surface area contributed by atoms with Gasteiger partial charge in [0.2, 0.25) is 11.8 Å². The summed E-state index contributed by atoms with van der Waals surface area (Å²) in [7, 11) is 0. The molecule has 0 unspecified atom stereocenters. The Morgan fingerprint density at radius 1 is 1.47 bits per heavy atom. The van der Waals surface area contributed by atoms with Gasteiger partial charge in [-0.15, -0.1) is 0 Å². The lowest BCUT2D eigenvalue weighted by molar-refractivity contribution is -0.115. The first-order valence-corrected chi connectivity index (χ1v) is 5.15. The van der Waals surface area contributed by atoms with Gasteiger partial charge in [0.25, 0.3) is 0 Å². The Labute approximate surface area is 98.1 Å². The molecule has 2 N–H and O–H groups in total. The zero-order valence-corrected chi connectivity index (χ0v) is 9.30. The molecule has 5 nitrogen and oxygen atoms in total. The first kappa shape index (κ1) is 11.2. The number of aromatic hydroxyl groups is 1. The summed E-state index contributed by atoms with van der Waals surface area (Å²) < 4.78 is 4.86. The highest BCUT2D eigenvalue weighted by Crippen LogP contribution is 2.17. The molecule has 0 aliphatic rings. The molecule has 2 aromatic rings. The Morgan fingerprint density at radius 2 is 2.24 bits per heavy atom. The van der Waals surface area contributed by atoms with Crippen LogP contribution in [0.25, 0.3) is 0 Å². The van der Waals surface area contributed by atoms with E-state index >= 15 is 0 Å². The van der Waals surface area contributed by atoms with Crippen LogP contribution in [0.5, 0.6) is 5.75 Å². The quantitative estimate of drug-likeness (QED) is 0.847. The number of phenolic OH excluding ortho intramolecular Hbond substituents is 1. The molecule has 5 heteroatoms. The Morgan fingerprint density at radius 3 is 2.88 bits per heavy atom. The van der Waals surface area contributed by atoms with Gasteiger partial charge in [-0.1, -0.05) is 23.4 Å². The zero-order chi connectivity index (χ0) is 12.3. The molecule has 0 atom stereocenters. The van der Waals surface area contributed by atoms with Crippen molar-refractivity contribution in [2.24, 2.45) is 0 Å². The molecule has 0 aliphatic heterocycles. The minimum atomic E-state index is -0.261. The second-order valence-corrected chi connectivity index (χ2v) is 3.69. The summed E-state index contributed by atoms with van der Waals surface area (Å²) in [5, 5.41) is 15.7. The van der Waals surface area contributed by atoms with Crippen molar-refractivity contribution in [1.82, 2.24) is 5.16 Å². The third kappa shape index (κ3) is 2.84. The van der Waals surface area contributed by atoms with Crippen LogP contribution in [0.1, 0.15) is 11.3 Å². The second-order valence-electron chi connectivity index (χ2n) is 3.69. The summed E-state index contributed by atoms with van der Waals surface area (Å²) in [5.41, 5.74) is 1.27. The lowest BCUT2D eigenvalue weighted by Crippen LogP contribution is -2.13. The molecule has 0 fully saturated rings. The molecule has 0 spiro atoms. The second kappa shape index (κ2) is 4.69. The molecule has 1 heterocycles. The highest BCUT2D eigenvalue weighted by molar-refractivity contribution is 5.91. The fraction of sp³-hybridized carbons (Fsp3) is 0.167. The van der Waals surface area contributed by atoms with E-state index in [2.05, 4.69) is 10.5 Å². The average molecular weight is 232 g/mol. The molecule has 1 amide bonds. The van der Waals surface area contributed by atoms with Crippen molar-refractivity contribution in [1.29, 1.82) is 0 Å². The van der Waals surface area contributed by atoms with Crippen molar-refractivity contribution in [3.8, 4) is 5.75 Å².